The van der Waals surface area contributed by atoms with Gasteiger partial charge in [-0.1, -0.05) is 12.1 Å². The fourth-order valence-electron chi connectivity index (χ4n) is 2.13. The van der Waals surface area contributed by atoms with E-state index in [4.69, 9.17) is 5.26 Å². The molecule has 0 saturated carbocycles. The molecule has 1 aliphatic rings. The normalized spacial score (nSPS) is 15.4. The zero-order valence-electron chi connectivity index (χ0n) is 9.85. The van der Waals surface area contributed by atoms with Crippen molar-refractivity contribution in [3.63, 3.8) is 0 Å². The van der Waals surface area contributed by atoms with E-state index in [1.165, 1.54) is 6.42 Å². The van der Waals surface area contributed by atoms with E-state index in [0.29, 0.717) is 12.0 Å². The quantitative estimate of drug-likeness (QED) is 0.778. The molecule has 3 heteroatoms. The van der Waals surface area contributed by atoms with E-state index in [1.807, 2.05) is 17.0 Å². The smallest absolute Gasteiger partial charge is 0.226 e. The Kier molecular flexibility index (Phi) is 3.77. The first kappa shape index (κ1) is 11.7. The molecular weight excluding hydrogens is 212 g/mol. The summed E-state index contributed by atoms with van der Waals surface area (Å²) in [6.45, 7) is 1.80. The molecule has 1 aromatic carbocycles. The fourth-order valence-corrected chi connectivity index (χ4v) is 2.13. The molecule has 0 spiro atoms. The largest absolute Gasteiger partial charge is 0.342 e. The van der Waals surface area contributed by atoms with Crippen molar-refractivity contribution >= 4 is 5.91 Å². The zero-order valence-corrected chi connectivity index (χ0v) is 9.85. The number of hydrogen-bond acceptors (Lipinski definition) is 2. The summed E-state index contributed by atoms with van der Waals surface area (Å²) >= 11 is 0. The number of hydrogen-bond donors (Lipinski definition) is 0. The van der Waals surface area contributed by atoms with Gasteiger partial charge >= 0.3 is 0 Å². The molecule has 0 radical (unpaired) electrons. The van der Waals surface area contributed by atoms with Crippen LogP contribution in [0.2, 0.25) is 0 Å². The van der Waals surface area contributed by atoms with E-state index in [-0.39, 0.29) is 5.91 Å². The standard InChI is InChI=1S/C14H16N2O/c15-11-13-6-4-12(5-7-13)10-14(17)16-8-2-1-3-9-16/h4-7H,1-3,8-10H2. The SMILES string of the molecule is N#Cc1ccc(CC(=O)N2CCCCC2)cc1. The second-order valence-electron chi connectivity index (χ2n) is 4.43. The average molecular weight is 228 g/mol. The van der Waals surface area contributed by atoms with Crippen LogP contribution in [0.4, 0.5) is 0 Å². The summed E-state index contributed by atoms with van der Waals surface area (Å²) in [6.07, 6.45) is 3.94. The Labute approximate surface area is 102 Å². The number of likely N-dealkylation sites (tertiary alicyclic amines) is 1. The van der Waals surface area contributed by atoms with Gasteiger partial charge < -0.3 is 4.90 Å². The van der Waals surface area contributed by atoms with Crippen LogP contribution in [0.1, 0.15) is 30.4 Å². The molecular formula is C14H16N2O. The van der Waals surface area contributed by atoms with Gasteiger partial charge in [-0.3, -0.25) is 4.79 Å². The summed E-state index contributed by atoms with van der Waals surface area (Å²) in [5.74, 6) is 0.203. The number of piperidine rings is 1. The van der Waals surface area contributed by atoms with Crippen LogP contribution < -0.4 is 0 Å². The van der Waals surface area contributed by atoms with E-state index < -0.39 is 0 Å². The summed E-state index contributed by atoms with van der Waals surface area (Å²) in [5.41, 5.74) is 1.62. The summed E-state index contributed by atoms with van der Waals surface area (Å²) in [4.78, 5) is 13.9. The summed E-state index contributed by atoms with van der Waals surface area (Å²) in [6, 6.07) is 9.32. The minimum absolute atomic E-state index is 0.203. The Bertz CT molecular complexity index is 425. The lowest BCUT2D eigenvalue weighted by atomic mass is 10.1. The van der Waals surface area contributed by atoms with E-state index in [9.17, 15) is 4.79 Å². The Balaban J connectivity index is 1.95. The summed E-state index contributed by atoms with van der Waals surface area (Å²) in [7, 11) is 0. The minimum Gasteiger partial charge on any atom is -0.342 e. The predicted octanol–water partition coefficient (Wildman–Crippen LogP) is 2.11. The molecule has 3 nitrogen and oxygen atoms in total. The molecule has 17 heavy (non-hydrogen) atoms. The van der Waals surface area contributed by atoms with Gasteiger partial charge in [-0.05, 0) is 37.0 Å². The third-order valence-electron chi connectivity index (χ3n) is 3.15. The molecule has 1 aliphatic heterocycles. The fraction of sp³-hybridized carbons (Fsp3) is 0.429. The lowest BCUT2D eigenvalue weighted by Gasteiger charge is -2.26. The molecule has 1 heterocycles. The summed E-state index contributed by atoms with van der Waals surface area (Å²) < 4.78 is 0. The first-order valence-corrected chi connectivity index (χ1v) is 6.06. The molecule has 0 bridgehead atoms. The highest BCUT2D eigenvalue weighted by Crippen LogP contribution is 2.11. The van der Waals surface area contributed by atoms with Crippen molar-refractivity contribution in [2.24, 2.45) is 0 Å². The van der Waals surface area contributed by atoms with E-state index in [1.54, 1.807) is 12.1 Å². The third kappa shape index (κ3) is 3.07. The van der Waals surface area contributed by atoms with Gasteiger partial charge in [-0.25, -0.2) is 0 Å². The van der Waals surface area contributed by atoms with Gasteiger partial charge in [0.15, 0.2) is 0 Å². The summed E-state index contributed by atoms with van der Waals surface area (Å²) in [5, 5.41) is 8.69. The monoisotopic (exact) mass is 228 g/mol. The van der Waals surface area contributed by atoms with Crippen LogP contribution in [-0.2, 0) is 11.2 Å². The van der Waals surface area contributed by atoms with Crippen LogP contribution in [0.15, 0.2) is 24.3 Å². The van der Waals surface area contributed by atoms with Gasteiger partial charge in [0, 0.05) is 13.1 Å². The Hall–Kier alpha value is -1.82. The van der Waals surface area contributed by atoms with E-state index >= 15 is 0 Å². The number of nitriles is 1. The topological polar surface area (TPSA) is 44.1 Å². The molecule has 2 rings (SSSR count). The van der Waals surface area contributed by atoms with Crippen molar-refractivity contribution in [2.75, 3.05) is 13.1 Å². The number of rotatable bonds is 2. The molecule has 1 amide bonds. The molecule has 1 saturated heterocycles. The molecule has 0 N–H and O–H groups in total. The zero-order chi connectivity index (χ0) is 12.1. The van der Waals surface area contributed by atoms with Gasteiger partial charge in [-0.15, -0.1) is 0 Å². The van der Waals surface area contributed by atoms with E-state index in [2.05, 4.69) is 6.07 Å². The van der Waals surface area contributed by atoms with Crippen LogP contribution in [-0.4, -0.2) is 23.9 Å². The van der Waals surface area contributed by atoms with Gasteiger partial charge in [0.05, 0.1) is 18.1 Å². The molecule has 88 valence electrons. The highest BCUT2D eigenvalue weighted by Gasteiger charge is 2.16. The van der Waals surface area contributed by atoms with Crippen LogP contribution in [0.5, 0.6) is 0 Å². The van der Waals surface area contributed by atoms with Crippen LogP contribution in [0, 0.1) is 11.3 Å². The maximum atomic E-state index is 12.0. The number of nitrogens with zero attached hydrogens (tertiary/aromatic N) is 2. The number of amides is 1. The van der Waals surface area contributed by atoms with Crippen LogP contribution >= 0.6 is 0 Å². The number of carbonyl (C=O) groups excluding carboxylic acids is 1. The predicted molar refractivity (Wildman–Crippen MR) is 65.3 cm³/mol. The molecule has 0 unspecified atom stereocenters. The van der Waals surface area contributed by atoms with Crippen LogP contribution in [0.3, 0.4) is 0 Å². The van der Waals surface area contributed by atoms with Crippen molar-refractivity contribution in [2.45, 2.75) is 25.7 Å². The second-order valence-corrected chi connectivity index (χ2v) is 4.43. The molecule has 0 aliphatic carbocycles. The number of carbonyl (C=O) groups is 1. The first-order valence-electron chi connectivity index (χ1n) is 6.06. The lowest BCUT2D eigenvalue weighted by molar-refractivity contribution is -0.131. The van der Waals surface area contributed by atoms with Crippen molar-refractivity contribution in [3.8, 4) is 6.07 Å². The second kappa shape index (κ2) is 5.49. The highest BCUT2D eigenvalue weighted by molar-refractivity contribution is 5.78. The first-order chi connectivity index (χ1) is 8.29. The van der Waals surface area contributed by atoms with Crippen LogP contribution in [0.25, 0.3) is 0 Å². The Morgan fingerprint density at radius 3 is 2.41 bits per heavy atom. The van der Waals surface area contributed by atoms with Crippen molar-refractivity contribution in [3.05, 3.63) is 35.4 Å². The highest BCUT2D eigenvalue weighted by atomic mass is 16.2. The molecule has 1 aromatic rings. The molecule has 0 aromatic heterocycles. The third-order valence-corrected chi connectivity index (χ3v) is 3.15. The van der Waals surface area contributed by atoms with Crippen molar-refractivity contribution in [1.82, 2.24) is 4.90 Å². The molecule has 0 atom stereocenters. The van der Waals surface area contributed by atoms with Gasteiger partial charge in [-0.2, -0.15) is 5.26 Å². The van der Waals surface area contributed by atoms with E-state index in [0.717, 1.165) is 31.5 Å². The van der Waals surface area contributed by atoms with Crippen molar-refractivity contribution in [1.29, 1.82) is 5.26 Å². The number of benzene rings is 1. The van der Waals surface area contributed by atoms with Crippen molar-refractivity contribution < 1.29 is 4.79 Å². The Morgan fingerprint density at radius 1 is 1.18 bits per heavy atom. The van der Waals surface area contributed by atoms with Gasteiger partial charge in [0.2, 0.25) is 5.91 Å². The molecule has 1 fully saturated rings. The maximum absolute atomic E-state index is 12.0. The Morgan fingerprint density at radius 2 is 1.82 bits per heavy atom. The minimum atomic E-state index is 0.203. The van der Waals surface area contributed by atoms with Gasteiger partial charge in [0.1, 0.15) is 0 Å². The average Bonchev–Trinajstić information content (AvgIpc) is 2.40. The lowest BCUT2D eigenvalue weighted by Crippen LogP contribution is -2.36. The maximum Gasteiger partial charge on any atom is 0.226 e. The van der Waals surface area contributed by atoms with Gasteiger partial charge in [0.25, 0.3) is 0 Å².